The Labute approximate surface area is 286 Å². The van der Waals surface area contributed by atoms with Crippen molar-refractivity contribution >= 4 is 98.0 Å². The first-order chi connectivity index (χ1) is 24.2. The minimum absolute atomic E-state index is 0.0505. The van der Waals surface area contributed by atoms with Crippen molar-refractivity contribution in [3.8, 4) is 17.2 Å². The van der Waals surface area contributed by atoms with Gasteiger partial charge in [0.05, 0.1) is 0 Å². The van der Waals surface area contributed by atoms with Gasteiger partial charge in [0.25, 0.3) is 20.1 Å². The van der Waals surface area contributed by atoms with Crippen LogP contribution in [0.4, 0.5) is 34.1 Å². The van der Waals surface area contributed by atoms with E-state index in [0.717, 1.165) is 23.0 Å². The Morgan fingerprint density at radius 1 is 0.469 bits per heavy atom. The molecule has 7 heteroatoms. The van der Waals surface area contributed by atoms with Gasteiger partial charge in [0.15, 0.2) is 0 Å². The molecule has 0 saturated heterocycles. The topological polar surface area (TPSA) is 24.9 Å². The second-order valence-corrected chi connectivity index (χ2v) is 13.9. The lowest BCUT2D eigenvalue weighted by atomic mass is 9.27. The average Bonchev–Trinajstić information content (AvgIpc) is 3.15. The third-order valence-corrected chi connectivity index (χ3v) is 11.7. The number of fused-ring (bicyclic) bond motifs is 12. The number of benzene rings is 6. The Morgan fingerprint density at radius 3 is 1.67 bits per heavy atom. The predicted molar refractivity (Wildman–Crippen MR) is 205 cm³/mol. The summed E-state index contributed by atoms with van der Waals surface area (Å²) >= 11 is 0. The summed E-state index contributed by atoms with van der Waals surface area (Å²) in [4.78, 5) is 5.07. The summed E-state index contributed by atoms with van der Waals surface area (Å²) in [7, 11) is 0. The van der Waals surface area contributed by atoms with Gasteiger partial charge in [0.2, 0.25) is 0 Å². The van der Waals surface area contributed by atoms with E-state index in [2.05, 4.69) is 151 Å². The van der Waals surface area contributed by atoms with E-state index in [-0.39, 0.29) is 20.1 Å². The van der Waals surface area contributed by atoms with Crippen molar-refractivity contribution in [3.63, 3.8) is 0 Å². The van der Waals surface area contributed by atoms with Crippen LogP contribution in [0.5, 0.6) is 17.2 Å². The molecule has 49 heavy (non-hydrogen) atoms. The SMILES string of the molecule is C/C=C\C1=C(C)B2c3ccccc3N3c4cccc5c4B(c4ccc(c2c43)O1)c1ccc2c3c1N5c1ccccc1B3c1ccccc1O2. The molecule has 6 heterocycles. The Kier molecular flexibility index (Phi) is 4.81. The quantitative estimate of drug-likeness (QED) is 0.253. The summed E-state index contributed by atoms with van der Waals surface area (Å²) in [5.74, 6) is 3.79. The van der Waals surface area contributed by atoms with Crippen LogP contribution in [0, 0.1) is 0 Å². The van der Waals surface area contributed by atoms with Gasteiger partial charge in [0, 0.05) is 34.1 Å². The lowest BCUT2D eigenvalue weighted by Crippen LogP contribution is -2.69. The molecule has 0 N–H and O–H groups in total. The molecule has 0 amide bonds. The van der Waals surface area contributed by atoms with E-state index in [9.17, 15) is 0 Å². The van der Waals surface area contributed by atoms with E-state index in [4.69, 9.17) is 9.47 Å². The van der Waals surface area contributed by atoms with Crippen molar-refractivity contribution in [1.82, 2.24) is 0 Å². The van der Waals surface area contributed by atoms with Crippen LogP contribution in [-0.4, -0.2) is 20.1 Å². The second kappa shape index (κ2) is 9.00. The summed E-state index contributed by atoms with van der Waals surface area (Å²) in [6.45, 7) is 4.56. The van der Waals surface area contributed by atoms with Crippen molar-refractivity contribution in [2.24, 2.45) is 0 Å². The third kappa shape index (κ3) is 3.02. The molecule has 0 atom stereocenters. The Morgan fingerprint density at radius 2 is 1.00 bits per heavy atom. The van der Waals surface area contributed by atoms with Gasteiger partial charge < -0.3 is 19.3 Å². The number of rotatable bonds is 1. The molecule has 0 radical (unpaired) electrons. The highest BCUT2D eigenvalue weighted by atomic mass is 16.5. The molecule has 0 unspecified atom stereocenters. The molecule has 0 aromatic heterocycles. The zero-order valence-corrected chi connectivity index (χ0v) is 27.1. The van der Waals surface area contributed by atoms with Crippen molar-refractivity contribution in [2.75, 3.05) is 9.80 Å². The lowest BCUT2D eigenvalue weighted by molar-refractivity contribution is 0.441. The van der Waals surface area contributed by atoms with E-state index in [1.165, 1.54) is 83.3 Å². The number of allylic oxidation sites excluding steroid dienone is 3. The van der Waals surface area contributed by atoms with E-state index in [0.29, 0.717) is 0 Å². The first-order valence-corrected chi connectivity index (χ1v) is 17.3. The van der Waals surface area contributed by atoms with Crippen LogP contribution in [0.1, 0.15) is 13.8 Å². The number of anilines is 6. The molecular formula is C42H27B3N2O2. The van der Waals surface area contributed by atoms with Crippen LogP contribution in [0.15, 0.2) is 139 Å². The summed E-state index contributed by atoms with van der Waals surface area (Å²) in [5, 5.41) is 0. The lowest BCUT2D eigenvalue weighted by Gasteiger charge is -2.50. The zero-order valence-electron chi connectivity index (χ0n) is 27.1. The van der Waals surface area contributed by atoms with Gasteiger partial charge in [-0.15, -0.1) is 0 Å². The first-order valence-electron chi connectivity index (χ1n) is 17.3. The van der Waals surface area contributed by atoms with E-state index >= 15 is 0 Å². The first kappa shape index (κ1) is 26.2. The van der Waals surface area contributed by atoms with Gasteiger partial charge in [-0.1, -0.05) is 84.3 Å². The van der Waals surface area contributed by atoms with Gasteiger partial charge in [-0.2, -0.15) is 0 Å². The molecule has 6 aromatic rings. The van der Waals surface area contributed by atoms with Gasteiger partial charge in [-0.05, 0) is 106 Å². The zero-order chi connectivity index (χ0) is 32.1. The van der Waals surface area contributed by atoms with Crippen LogP contribution in [0.2, 0.25) is 0 Å². The maximum absolute atomic E-state index is 6.71. The van der Waals surface area contributed by atoms with Crippen molar-refractivity contribution in [3.05, 3.63) is 139 Å². The van der Waals surface area contributed by atoms with E-state index < -0.39 is 0 Å². The largest absolute Gasteiger partial charge is 0.459 e. The molecule has 12 rings (SSSR count). The molecule has 6 aliphatic heterocycles. The van der Waals surface area contributed by atoms with Gasteiger partial charge in [-0.3, -0.25) is 0 Å². The smallest absolute Gasteiger partial charge is 0.256 e. The molecular weight excluding hydrogens is 597 g/mol. The summed E-state index contributed by atoms with van der Waals surface area (Å²) in [6.07, 6.45) is 4.18. The number of para-hydroxylation sites is 3. The second-order valence-electron chi connectivity index (χ2n) is 13.9. The number of hydrogen-bond acceptors (Lipinski definition) is 4. The molecule has 4 nitrogen and oxygen atoms in total. The highest BCUT2D eigenvalue weighted by Crippen LogP contribution is 2.47. The van der Waals surface area contributed by atoms with E-state index in [1.54, 1.807) is 0 Å². The summed E-state index contributed by atoms with van der Waals surface area (Å²) < 4.78 is 13.4. The molecule has 0 fully saturated rings. The number of ether oxygens (including phenoxy) is 2. The van der Waals surface area contributed by atoms with Crippen LogP contribution in [-0.2, 0) is 0 Å². The minimum atomic E-state index is 0.0505. The Bertz CT molecular complexity index is 2590. The standard InChI is InChI=1S/C42H27B3N2O2/c1-3-11-34-24(2)43-25-12-4-7-15-30(25)46-32-17-10-18-33-38(32)45(28-20-22-36(48-34)39(43)41(28)46)29-21-23-37-40-42(29)47(33)31-16-8-5-13-26(31)44(40)27-14-6-9-19-35(27)49-37/h3-23H,1-2H3/b11-3-. The molecule has 6 aromatic carbocycles. The normalized spacial score (nSPS) is 15.9. The van der Waals surface area contributed by atoms with Gasteiger partial charge in [0.1, 0.15) is 23.0 Å². The minimum Gasteiger partial charge on any atom is -0.459 e. The third-order valence-electron chi connectivity index (χ3n) is 11.7. The maximum Gasteiger partial charge on any atom is 0.256 e. The van der Waals surface area contributed by atoms with Crippen LogP contribution in [0.3, 0.4) is 0 Å². The molecule has 0 aliphatic carbocycles. The fraction of sp³-hybridized carbons (Fsp3) is 0.0476. The van der Waals surface area contributed by atoms with Crippen LogP contribution in [0.25, 0.3) is 0 Å². The van der Waals surface area contributed by atoms with Crippen LogP contribution < -0.4 is 63.0 Å². The van der Waals surface area contributed by atoms with E-state index in [1.807, 2.05) is 0 Å². The average molecular weight is 624 g/mol. The summed E-state index contributed by atoms with van der Waals surface area (Å²) in [5.41, 5.74) is 19.1. The molecule has 0 spiro atoms. The molecule has 226 valence electrons. The Hall–Kier alpha value is -5.81. The highest BCUT2D eigenvalue weighted by molar-refractivity contribution is 7.05. The maximum atomic E-state index is 6.71. The predicted octanol–water partition coefficient (Wildman–Crippen LogP) is 4.41. The fourth-order valence-corrected chi connectivity index (χ4v) is 9.90. The van der Waals surface area contributed by atoms with Gasteiger partial charge in [-0.25, -0.2) is 0 Å². The van der Waals surface area contributed by atoms with Crippen molar-refractivity contribution in [2.45, 2.75) is 13.8 Å². The fourth-order valence-electron chi connectivity index (χ4n) is 9.90. The van der Waals surface area contributed by atoms with Crippen molar-refractivity contribution in [1.29, 1.82) is 0 Å². The molecule has 0 bridgehead atoms. The Balaban J connectivity index is 1.20. The number of hydrogen-bond donors (Lipinski definition) is 0. The highest BCUT2D eigenvalue weighted by Gasteiger charge is 2.52. The summed E-state index contributed by atoms with van der Waals surface area (Å²) in [6, 6.07) is 42.5. The van der Waals surface area contributed by atoms with Gasteiger partial charge >= 0.3 is 0 Å². The molecule has 0 saturated carbocycles. The monoisotopic (exact) mass is 624 g/mol. The van der Waals surface area contributed by atoms with Crippen molar-refractivity contribution < 1.29 is 9.47 Å². The number of nitrogens with zero attached hydrogens (tertiary/aromatic N) is 2. The van der Waals surface area contributed by atoms with Crippen LogP contribution >= 0.6 is 0 Å². The molecule has 6 aliphatic rings.